The average Bonchev–Trinajstić information content (AvgIpc) is 1.50. The third-order valence-corrected chi connectivity index (χ3v) is 0. The van der Waals surface area contributed by atoms with Gasteiger partial charge in [-0.3, -0.25) is 0 Å². The van der Waals surface area contributed by atoms with Gasteiger partial charge in [-0.1, -0.05) is 0 Å². The Bertz CT molecular complexity index is 21.2. The molecule has 0 aromatic heterocycles. The molecule has 0 aliphatic carbocycles. The third-order valence-electron chi connectivity index (χ3n) is 0. The predicted molar refractivity (Wildman–Crippen MR) is 17.3 cm³/mol. The molecule has 0 aliphatic rings. The molecule has 0 saturated carbocycles. The summed E-state index contributed by atoms with van der Waals surface area (Å²) in [4.78, 5) is 0. The summed E-state index contributed by atoms with van der Waals surface area (Å²) >= 11 is 1.50. The van der Waals surface area contributed by atoms with E-state index in [1.807, 2.05) is 0 Å². The Balaban J connectivity index is -0.000000000833. The molecular formula is H4Ca2O2Ti2. The second-order valence-corrected chi connectivity index (χ2v) is 0. The molecule has 0 unspecified atom stereocenters. The van der Waals surface area contributed by atoms with E-state index in [4.69, 9.17) is 6.65 Å². The molecule has 0 bridgehead atoms. The molecule has 0 rings (SSSR count). The normalized spacial score (nSPS) is 1.00. The molecule has 2 nitrogen and oxygen atoms in total. The summed E-state index contributed by atoms with van der Waals surface area (Å²) in [5.74, 6) is 0. The van der Waals surface area contributed by atoms with Crippen LogP contribution in [0.4, 0.5) is 0 Å². The van der Waals surface area contributed by atoms with Crippen molar-refractivity contribution in [1.29, 1.82) is 0 Å². The fourth-order valence-corrected chi connectivity index (χ4v) is 0. The topological polar surface area (TPSA) is 34.1 Å². The van der Waals surface area contributed by atoms with Crippen LogP contribution in [-0.4, -0.2) is 75.5 Å². The average molecular weight is 212 g/mol. The molecule has 0 atom stereocenters. The molecule has 0 aliphatic heterocycles. The molecule has 0 N–H and O–H groups in total. The summed E-state index contributed by atoms with van der Waals surface area (Å²) in [6, 6.07) is 0. The maximum absolute atomic E-state index is 8.25. The van der Waals surface area contributed by atoms with Gasteiger partial charge in [-0.2, -0.15) is 0 Å². The summed E-state index contributed by atoms with van der Waals surface area (Å²) < 4.78 is 16.5. The van der Waals surface area contributed by atoms with Crippen LogP contribution in [0, 0.1) is 0 Å². The van der Waals surface area contributed by atoms with Gasteiger partial charge < -0.3 is 5.71 Å². The number of hydrogen-bond donors (Lipinski definition) is 0. The second kappa shape index (κ2) is 38.7. The zero-order chi connectivity index (χ0) is 4.00. The molecule has 0 aromatic carbocycles. The summed E-state index contributed by atoms with van der Waals surface area (Å²) in [5, 5.41) is 0. The van der Waals surface area contributed by atoms with Gasteiger partial charge in [0.1, 0.15) is 0 Å². The Kier molecular flexibility index (Phi) is 146. The summed E-state index contributed by atoms with van der Waals surface area (Å²) in [6.45, 7) is 0. The van der Waals surface area contributed by atoms with Crippen LogP contribution in [0.15, 0.2) is 0 Å². The van der Waals surface area contributed by atoms with E-state index in [1.54, 1.807) is 0 Å². The monoisotopic (exact) mass is 212 g/mol. The Hall–Kier alpha value is 3.55. The van der Waals surface area contributed by atoms with Crippen LogP contribution in [0.3, 0.4) is 0 Å². The van der Waals surface area contributed by atoms with Gasteiger partial charge in [0.05, 0.1) is 0 Å². The van der Waals surface area contributed by atoms with E-state index in [1.165, 1.54) is 0 Å². The molecule has 28 valence electrons. The van der Waals surface area contributed by atoms with E-state index in [9.17, 15) is 0 Å². The quantitative estimate of drug-likeness (QED) is 0.504. The van der Waals surface area contributed by atoms with Crippen LogP contribution in [0.2, 0.25) is 0 Å². The van der Waals surface area contributed by atoms with Gasteiger partial charge in [-0.15, -0.1) is 0 Å². The van der Waals surface area contributed by atoms with Crippen LogP contribution in [0.25, 0.3) is 0 Å². The van der Waals surface area contributed by atoms with Crippen molar-refractivity contribution >= 4 is 75.5 Å². The van der Waals surface area contributed by atoms with Crippen molar-refractivity contribution < 1.29 is 53.2 Å². The minimum absolute atomic E-state index is 0. The number of hydrogen-bond acceptors (Lipinski definition) is 2. The second-order valence-electron chi connectivity index (χ2n) is 0. The molecule has 0 radical (unpaired) electrons. The van der Waals surface area contributed by atoms with Gasteiger partial charge in [0, 0.05) is 0 Å². The van der Waals surface area contributed by atoms with Gasteiger partial charge in [0.2, 0.25) is 0 Å². The minimum atomic E-state index is 0. The van der Waals surface area contributed by atoms with Crippen molar-refractivity contribution in [2.24, 2.45) is 0 Å². The van der Waals surface area contributed by atoms with Crippen LogP contribution in [0.1, 0.15) is 5.71 Å². The first-order valence-corrected chi connectivity index (χ1v) is 1.68. The van der Waals surface area contributed by atoms with E-state index < -0.39 is 0 Å². The molecule has 0 amide bonds. The molecule has 0 spiro atoms. The van der Waals surface area contributed by atoms with Crippen molar-refractivity contribution in [3.05, 3.63) is 0 Å². The molecular weight excluding hydrogens is 208 g/mol. The number of rotatable bonds is 0. The standard InChI is InChI=1S/2Ca.2O.2Ti.4H/q2*+2;;;;;4*-1. The molecule has 0 saturated heterocycles. The maximum atomic E-state index is 8.25. The first-order chi connectivity index (χ1) is 2.00. The fourth-order valence-electron chi connectivity index (χ4n) is 0. The first-order valence-electron chi connectivity index (χ1n) is 0.408. The SMILES string of the molecule is [Ca+2].[Ca+2].[H-].[H-].[H-].[H-].[O]=[Ti].[O]=[Ti]. The van der Waals surface area contributed by atoms with Crippen molar-refractivity contribution in [3.63, 3.8) is 0 Å². The van der Waals surface area contributed by atoms with E-state index in [0.717, 1.165) is 40.8 Å². The Morgan fingerprint density at radius 1 is 0.833 bits per heavy atom. The zero-order valence-corrected chi connectivity index (χ0v) is 10.8. The summed E-state index contributed by atoms with van der Waals surface area (Å²) in [6.07, 6.45) is 0. The van der Waals surface area contributed by atoms with Gasteiger partial charge in [-0.25, -0.2) is 0 Å². The Labute approximate surface area is 126 Å². The van der Waals surface area contributed by atoms with Crippen molar-refractivity contribution in [2.45, 2.75) is 0 Å². The fraction of sp³-hybridized carbons (Fsp3) is 0. The van der Waals surface area contributed by atoms with Crippen LogP contribution >= 0.6 is 0 Å². The molecule has 0 fully saturated rings. The van der Waals surface area contributed by atoms with Crippen LogP contribution in [-0.2, 0) is 47.5 Å². The Morgan fingerprint density at radius 2 is 0.833 bits per heavy atom. The summed E-state index contributed by atoms with van der Waals surface area (Å²) in [5.41, 5.74) is 0. The van der Waals surface area contributed by atoms with Gasteiger partial charge in [0.15, 0.2) is 0 Å². The van der Waals surface area contributed by atoms with Crippen molar-refractivity contribution in [2.75, 3.05) is 0 Å². The van der Waals surface area contributed by atoms with E-state index in [0.29, 0.717) is 0 Å². The van der Waals surface area contributed by atoms with E-state index >= 15 is 0 Å². The van der Waals surface area contributed by atoms with Crippen molar-refractivity contribution in [3.8, 4) is 0 Å². The zero-order valence-electron chi connectivity index (χ0n) is 7.23. The molecule has 6 heteroatoms. The summed E-state index contributed by atoms with van der Waals surface area (Å²) in [7, 11) is 0. The van der Waals surface area contributed by atoms with Crippen LogP contribution in [0.5, 0.6) is 0 Å². The molecule has 6 heavy (non-hydrogen) atoms. The Morgan fingerprint density at radius 3 is 0.833 bits per heavy atom. The van der Waals surface area contributed by atoms with E-state index in [2.05, 4.69) is 0 Å². The third kappa shape index (κ3) is 25.7. The van der Waals surface area contributed by atoms with Gasteiger partial charge in [0.25, 0.3) is 0 Å². The van der Waals surface area contributed by atoms with Gasteiger partial charge in [-0.05, 0) is 0 Å². The van der Waals surface area contributed by atoms with E-state index in [-0.39, 0.29) is 81.2 Å². The van der Waals surface area contributed by atoms with Crippen molar-refractivity contribution in [1.82, 2.24) is 0 Å². The molecule has 0 heterocycles. The molecule has 0 aromatic rings. The predicted octanol–water partition coefficient (Wildman–Crippen LogP) is -0.554. The first kappa shape index (κ1) is 22.7. The van der Waals surface area contributed by atoms with Gasteiger partial charge >= 0.3 is 123 Å². The van der Waals surface area contributed by atoms with Crippen LogP contribution < -0.4 is 0 Å².